The molecule has 2 aromatic rings. The number of sulfonamides is 1. The zero-order valence-electron chi connectivity index (χ0n) is 16.2. The van der Waals surface area contributed by atoms with Crippen molar-refractivity contribution in [3.63, 3.8) is 0 Å². The fourth-order valence-corrected chi connectivity index (χ4v) is 3.41. The van der Waals surface area contributed by atoms with Crippen molar-refractivity contribution >= 4 is 33.2 Å². The Labute approximate surface area is 166 Å². The van der Waals surface area contributed by atoms with Crippen molar-refractivity contribution in [2.24, 2.45) is 0 Å². The molecule has 0 radical (unpaired) electrons. The molecule has 1 atom stereocenters. The van der Waals surface area contributed by atoms with Crippen LogP contribution in [0.5, 0.6) is 0 Å². The summed E-state index contributed by atoms with van der Waals surface area (Å²) in [6.07, 6.45) is 1.82. The highest BCUT2D eigenvalue weighted by Crippen LogP contribution is 2.26. The summed E-state index contributed by atoms with van der Waals surface area (Å²) < 4.78 is 24.6. The van der Waals surface area contributed by atoms with E-state index in [1.165, 1.54) is 24.7 Å². The number of nitrogens with zero attached hydrogens (tertiary/aromatic N) is 1. The second-order valence-electron chi connectivity index (χ2n) is 6.67. The fraction of sp³-hybridized carbons (Fsp3) is 0.350. The van der Waals surface area contributed by atoms with Crippen LogP contribution in [-0.2, 0) is 10.0 Å². The zero-order chi connectivity index (χ0) is 20.4. The van der Waals surface area contributed by atoms with E-state index in [4.69, 9.17) is 11.6 Å². The maximum absolute atomic E-state index is 12.8. The van der Waals surface area contributed by atoms with Crippen LogP contribution in [0.4, 0.5) is 5.69 Å². The molecule has 7 heteroatoms. The highest BCUT2D eigenvalue weighted by molar-refractivity contribution is 7.92. The average Bonchev–Trinajstić information content (AvgIpc) is 2.61. The molecule has 5 nitrogen and oxygen atoms in total. The first-order valence-electron chi connectivity index (χ1n) is 8.66. The maximum atomic E-state index is 12.8. The van der Waals surface area contributed by atoms with E-state index in [-0.39, 0.29) is 22.5 Å². The van der Waals surface area contributed by atoms with Crippen molar-refractivity contribution in [3.05, 3.63) is 63.7 Å². The standard InChI is InChI=1S/C20H25ClN2O3S/c1-6-19(15-8-7-13(2)14(3)11-15)22-20(24)17-12-16(9-10-18(17)21)23(4)27(5,25)26/h7-12,19H,6H2,1-5H3,(H,22,24)/t19-/m0/s1. The Bertz CT molecular complexity index is 958. The van der Waals surface area contributed by atoms with Crippen LogP contribution in [-0.4, -0.2) is 27.6 Å². The number of benzene rings is 2. The Morgan fingerprint density at radius 3 is 2.37 bits per heavy atom. The predicted molar refractivity (Wildman–Crippen MR) is 111 cm³/mol. The molecule has 0 unspecified atom stereocenters. The number of aryl methyl sites for hydroxylation is 2. The summed E-state index contributed by atoms with van der Waals surface area (Å²) in [4.78, 5) is 12.8. The van der Waals surface area contributed by atoms with E-state index in [0.29, 0.717) is 5.69 Å². The lowest BCUT2D eigenvalue weighted by atomic mass is 9.99. The van der Waals surface area contributed by atoms with Gasteiger partial charge in [0.15, 0.2) is 0 Å². The van der Waals surface area contributed by atoms with Gasteiger partial charge in [-0.2, -0.15) is 0 Å². The molecule has 0 aliphatic rings. The molecule has 146 valence electrons. The molecule has 0 saturated carbocycles. The fourth-order valence-electron chi connectivity index (χ4n) is 2.71. The van der Waals surface area contributed by atoms with Gasteiger partial charge in [-0.15, -0.1) is 0 Å². The molecular weight excluding hydrogens is 384 g/mol. The highest BCUT2D eigenvalue weighted by Gasteiger charge is 2.19. The van der Waals surface area contributed by atoms with Crippen molar-refractivity contribution < 1.29 is 13.2 Å². The molecule has 27 heavy (non-hydrogen) atoms. The number of hydrogen-bond donors (Lipinski definition) is 1. The normalized spacial score (nSPS) is 12.5. The van der Waals surface area contributed by atoms with Crippen molar-refractivity contribution in [3.8, 4) is 0 Å². The number of nitrogens with one attached hydrogen (secondary N) is 1. The quantitative estimate of drug-likeness (QED) is 0.777. The molecule has 0 fully saturated rings. The number of anilines is 1. The number of hydrogen-bond acceptors (Lipinski definition) is 3. The number of amides is 1. The maximum Gasteiger partial charge on any atom is 0.253 e. The van der Waals surface area contributed by atoms with E-state index in [9.17, 15) is 13.2 Å². The monoisotopic (exact) mass is 408 g/mol. The topological polar surface area (TPSA) is 66.5 Å². The first-order chi connectivity index (χ1) is 12.5. The van der Waals surface area contributed by atoms with Crippen LogP contribution in [0.3, 0.4) is 0 Å². The van der Waals surface area contributed by atoms with Gasteiger partial charge in [-0.1, -0.05) is 36.7 Å². The van der Waals surface area contributed by atoms with Crippen LogP contribution in [0.15, 0.2) is 36.4 Å². The first-order valence-corrected chi connectivity index (χ1v) is 10.9. The van der Waals surface area contributed by atoms with Crippen molar-refractivity contribution in [2.45, 2.75) is 33.2 Å². The highest BCUT2D eigenvalue weighted by atomic mass is 35.5. The third-order valence-electron chi connectivity index (χ3n) is 4.70. The van der Waals surface area contributed by atoms with Gasteiger partial charge in [0.05, 0.1) is 28.6 Å². The van der Waals surface area contributed by atoms with Crippen LogP contribution in [0.25, 0.3) is 0 Å². The molecule has 1 N–H and O–H groups in total. The average molecular weight is 409 g/mol. The largest absolute Gasteiger partial charge is 0.345 e. The van der Waals surface area contributed by atoms with Crippen molar-refractivity contribution in [1.29, 1.82) is 0 Å². The van der Waals surface area contributed by atoms with Gasteiger partial charge >= 0.3 is 0 Å². The van der Waals surface area contributed by atoms with E-state index < -0.39 is 10.0 Å². The van der Waals surface area contributed by atoms with E-state index in [1.807, 2.05) is 32.9 Å². The summed E-state index contributed by atoms with van der Waals surface area (Å²) in [5.41, 5.74) is 4.00. The summed E-state index contributed by atoms with van der Waals surface area (Å²) in [5.74, 6) is -0.339. The Morgan fingerprint density at radius 1 is 1.15 bits per heavy atom. The van der Waals surface area contributed by atoms with E-state index in [1.54, 1.807) is 6.07 Å². The Morgan fingerprint density at radius 2 is 1.81 bits per heavy atom. The predicted octanol–water partition coefficient (Wildman–Crippen LogP) is 4.23. The van der Waals surface area contributed by atoms with E-state index in [2.05, 4.69) is 11.4 Å². The summed E-state index contributed by atoms with van der Waals surface area (Å²) in [6, 6.07) is 10.5. The van der Waals surface area contributed by atoms with Gasteiger partial charge in [-0.25, -0.2) is 8.42 Å². The van der Waals surface area contributed by atoms with Gasteiger partial charge in [0.2, 0.25) is 10.0 Å². The lowest BCUT2D eigenvalue weighted by molar-refractivity contribution is 0.0935. The van der Waals surface area contributed by atoms with Gasteiger partial charge in [0.1, 0.15) is 0 Å². The summed E-state index contributed by atoms with van der Waals surface area (Å²) in [5, 5.41) is 3.27. The Kier molecular flexibility index (Phi) is 6.54. The third-order valence-corrected chi connectivity index (χ3v) is 6.24. The van der Waals surface area contributed by atoms with Gasteiger partial charge < -0.3 is 5.32 Å². The lowest BCUT2D eigenvalue weighted by Crippen LogP contribution is -2.29. The molecule has 2 aromatic carbocycles. The van der Waals surface area contributed by atoms with Crippen molar-refractivity contribution in [2.75, 3.05) is 17.6 Å². The number of carbonyl (C=O) groups is 1. The van der Waals surface area contributed by atoms with E-state index >= 15 is 0 Å². The number of halogens is 1. The second-order valence-corrected chi connectivity index (χ2v) is 9.09. The molecule has 0 aliphatic carbocycles. The van der Waals surface area contributed by atoms with Gasteiger partial charge in [-0.05, 0) is 55.2 Å². The minimum Gasteiger partial charge on any atom is -0.345 e. The van der Waals surface area contributed by atoms with Gasteiger partial charge in [0, 0.05) is 7.05 Å². The Hall–Kier alpha value is -2.05. The molecule has 0 spiro atoms. The SMILES string of the molecule is CC[C@H](NC(=O)c1cc(N(C)S(C)(=O)=O)ccc1Cl)c1ccc(C)c(C)c1. The van der Waals surface area contributed by atoms with Crippen LogP contribution >= 0.6 is 11.6 Å². The Balaban J connectivity index is 2.32. The van der Waals surface area contributed by atoms with E-state index in [0.717, 1.165) is 28.1 Å². The smallest absolute Gasteiger partial charge is 0.253 e. The molecule has 2 rings (SSSR count). The molecule has 1 amide bonds. The molecule has 0 aliphatic heterocycles. The number of rotatable bonds is 6. The van der Waals surface area contributed by atoms with Crippen LogP contribution in [0, 0.1) is 13.8 Å². The lowest BCUT2D eigenvalue weighted by Gasteiger charge is -2.21. The number of carbonyl (C=O) groups excluding carboxylic acids is 1. The molecular formula is C20H25ClN2O3S. The van der Waals surface area contributed by atoms with Crippen molar-refractivity contribution in [1.82, 2.24) is 5.32 Å². The van der Waals surface area contributed by atoms with Crippen LogP contribution in [0.2, 0.25) is 5.02 Å². The third kappa shape index (κ3) is 5.02. The van der Waals surface area contributed by atoms with Gasteiger partial charge in [-0.3, -0.25) is 9.10 Å². The summed E-state index contributed by atoms with van der Waals surface area (Å²) in [7, 11) is -2.00. The molecule has 0 heterocycles. The first kappa shape index (κ1) is 21.3. The molecule has 0 bridgehead atoms. The second kappa shape index (κ2) is 8.31. The summed E-state index contributed by atoms with van der Waals surface area (Å²) in [6.45, 7) is 6.08. The van der Waals surface area contributed by atoms with Crippen LogP contribution < -0.4 is 9.62 Å². The minimum absolute atomic E-state index is 0.163. The molecule has 0 saturated heterocycles. The van der Waals surface area contributed by atoms with Gasteiger partial charge in [0.25, 0.3) is 5.91 Å². The van der Waals surface area contributed by atoms with Crippen LogP contribution in [0.1, 0.15) is 46.4 Å². The zero-order valence-corrected chi connectivity index (χ0v) is 17.8. The molecule has 0 aromatic heterocycles. The minimum atomic E-state index is -3.43. The summed E-state index contributed by atoms with van der Waals surface area (Å²) >= 11 is 6.20.